The first-order valence-electron chi connectivity index (χ1n) is 9.35. The lowest BCUT2D eigenvalue weighted by Crippen LogP contribution is -2.34. The molecule has 0 heterocycles. The predicted octanol–water partition coefficient (Wildman–Crippen LogP) is 4.93. The highest BCUT2D eigenvalue weighted by Gasteiger charge is 2.18. The smallest absolute Gasteiger partial charge is 0.182 e. The Hall–Kier alpha value is -3.31. The fourth-order valence-corrected chi connectivity index (χ4v) is 3.10. The number of rotatable bonds is 9. The lowest BCUT2D eigenvalue weighted by Gasteiger charge is -2.23. The third kappa shape index (κ3) is 5.39. The van der Waals surface area contributed by atoms with Crippen LogP contribution in [0.4, 0.5) is 5.69 Å². The summed E-state index contributed by atoms with van der Waals surface area (Å²) in [6.07, 6.45) is 0. The largest absolute Gasteiger partial charge is 0.497 e. The monoisotopic (exact) mass is 423 g/mol. The van der Waals surface area contributed by atoms with Crippen LogP contribution in [0.2, 0.25) is 5.02 Å². The number of methoxy groups -OCH3 is 2. The molecule has 0 saturated heterocycles. The Bertz CT molecular complexity index is 937. The van der Waals surface area contributed by atoms with E-state index in [1.165, 1.54) is 0 Å². The maximum atomic E-state index is 12.9. The molecule has 0 aliphatic rings. The molecule has 5 nitrogen and oxygen atoms in total. The van der Waals surface area contributed by atoms with E-state index in [1.807, 2.05) is 0 Å². The zero-order valence-electron chi connectivity index (χ0n) is 16.8. The van der Waals surface area contributed by atoms with Gasteiger partial charge in [0, 0.05) is 21.8 Å². The van der Waals surface area contributed by atoms with Crippen LogP contribution in [-0.4, -0.2) is 38.9 Å². The summed E-state index contributed by atoms with van der Waals surface area (Å²) >= 11 is 6.00. The highest BCUT2D eigenvalue weighted by atomic mass is 35.5. The van der Waals surface area contributed by atoms with Gasteiger partial charge in [0.2, 0.25) is 0 Å². The number of carbonyl (C=O) groups excluding carboxylic acids is 2. The van der Waals surface area contributed by atoms with Crippen molar-refractivity contribution in [2.45, 2.75) is 0 Å². The van der Waals surface area contributed by atoms with Crippen molar-refractivity contribution in [3.63, 3.8) is 0 Å². The predicted molar refractivity (Wildman–Crippen MR) is 118 cm³/mol. The molecule has 0 atom stereocenters. The Balaban J connectivity index is 1.81. The summed E-state index contributed by atoms with van der Waals surface area (Å²) < 4.78 is 10.3. The Kier molecular flexibility index (Phi) is 7.09. The average Bonchev–Trinajstić information content (AvgIpc) is 2.79. The molecule has 3 aromatic rings. The Labute approximate surface area is 180 Å². The van der Waals surface area contributed by atoms with Gasteiger partial charge in [0.25, 0.3) is 0 Å². The lowest BCUT2D eigenvalue weighted by atomic mass is 10.1. The van der Waals surface area contributed by atoms with E-state index < -0.39 is 0 Å². The van der Waals surface area contributed by atoms with Crippen LogP contribution in [0.1, 0.15) is 20.7 Å². The number of anilines is 1. The van der Waals surface area contributed by atoms with E-state index in [0.29, 0.717) is 27.6 Å². The van der Waals surface area contributed by atoms with Gasteiger partial charge in [0.1, 0.15) is 11.5 Å². The van der Waals surface area contributed by atoms with Gasteiger partial charge < -0.3 is 14.4 Å². The number of Topliss-reactive ketones (excluding diaryl/α,β-unsaturated/α-hetero) is 2. The Morgan fingerprint density at radius 2 is 1.10 bits per heavy atom. The van der Waals surface area contributed by atoms with E-state index in [9.17, 15) is 9.59 Å². The van der Waals surface area contributed by atoms with Crippen molar-refractivity contribution in [3.05, 3.63) is 88.9 Å². The summed E-state index contributed by atoms with van der Waals surface area (Å²) in [7, 11) is 3.15. The summed E-state index contributed by atoms with van der Waals surface area (Å²) in [5, 5.41) is 0.585. The lowest BCUT2D eigenvalue weighted by molar-refractivity contribution is 0.0984. The fourth-order valence-electron chi connectivity index (χ4n) is 2.97. The molecule has 0 amide bonds. The molecule has 0 bridgehead atoms. The van der Waals surface area contributed by atoms with Crippen molar-refractivity contribution >= 4 is 28.9 Å². The highest BCUT2D eigenvalue weighted by Crippen LogP contribution is 2.20. The second-order valence-corrected chi connectivity index (χ2v) is 7.07. The second-order valence-electron chi connectivity index (χ2n) is 6.64. The number of halogens is 1. The maximum absolute atomic E-state index is 12.9. The van der Waals surface area contributed by atoms with Crippen molar-refractivity contribution in [2.75, 3.05) is 32.2 Å². The van der Waals surface area contributed by atoms with E-state index in [-0.39, 0.29) is 24.7 Å². The molecule has 30 heavy (non-hydrogen) atoms. The van der Waals surface area contributed by atoms with Crippen LogP contribution < -0.4 is 14.4 Å². The van der Waals surface area contributed by atoms with Crippen molar-refractivity contribution in [3.8, 4) is 11.5 Å². The van der Waals surface area contributed by atoms with Crippen LogP contribution in [-0.2, 0) is 0 Å². The van der Waals surface area contributed by atoms with Crippen molar-refractivity contribution in [2.24, 2.45) is 0 Å². The van der Waals surface area contributed by atoms with Gasteiger partial charge in [-0.3, -0.25) is 9.59 Å². The van der Waals surface area contributed by atoms with Crippen LogP contribution in [0.5, 0.6) is 11.5 Å². The van der Waals surface area contributed by atoms with Gasteiger partial charge in [-0.1, -0.05) is 11.6 Å². The fraction of sp³-hybridized carbons (Fsp3) is 0.167. The number of carbonyl (C=O) groups is 2. The highest BCUT2D eigenvalue weighted by molar-refractivity contribution is 6.30. The summed E-state index contributed by atoms with van der Waals surface area (Å²) in [6.45, 7) is 0.103. The minimum atomic E-state index is -0.102. The van der Waals surface area contributed by atoms with Crippen molar-refractivity contribution < 1.29 is 19.1 Å². The SMILES string of the molecule is COc1ccc(C(=O)CN(CC(=O)c2ccc(OC)cc2)c2ccc(Cl)cc2)cc1. The van der Waals surface area contributed by atoms with Crippen LogP contribution in [0.15, 0.2) is 72.8 Å². The minimum absolute atomic E-state index is 0.0514. The van der Waals surface area contributed by atoms with Gasteiger partial charge in [-0.2, -0.15) is 0 Å². The number of hydrogen-bond donors (Lipinski definition) is 0. The molecule has 0 fully saturated rings. The van der Waals surface area contributed by atoms with Crippen molar-refractivity contribution in [1.29, 1.82) is 0 Å². The van der Waals surface area contributed by atoms with Gasteiger partial charge in [-0.25, -0.2) is 0 Å². The zero-order valence-corrected chi connectivity index (χ0v) is 17.6. The van der Waals surface area contributed by atoms with E-state index in [4.69, 9.17) is 21.1 Å². The van der Waals surface area contributed by atoms with Gasteiger partial charge >= 0.3 is 0 Å². The molecule has 0 saturated carbocycles. The average molecular weight is 424 g/mol. The molecule has 3 aromatic carbocycles. The van der Waals surface area contributed by atoms with Gasteiger partial charge in [0.05, 0.1) is 27.3 Å². The number of hydrogen-bond acceptors (Lipinski definition) is 5. The van der Waals surface area contributed by atoms with E-state index >= 15 is 0 Å². The Morgan fingerprint density at radius 1 is 0.700 bits per heavy atom. The normalized spacial score (nSPS) is 10.4. The molecular weight excluding hydrogens is 402 g/mol. The van der Waals surface area contributed by atoms with Crippen molar-refractivity contribution in [1.82, 2.24) is 0 Å². The van der Waals surface area contributed by atoms with Gasteiger partial charge in [0.15, 0.2) is 11.6 Å². The molecule has 0 aromatic heterocycles. The first kappa shape index (κ1) is 21.4. The molecule has 154 valence electrons. The van der Waals surface area contributed by atoms with Crippen LogP contribution >= 0.6 is 11.6 Å². The van der Waals surface area contributed by atoms with E-state index in [1.54, 1.807) is 91.9 Å². The molecule has 6 heteroatoms. The molecule has 0 radical (unpaired) electrons. The van der Waals surface area contributed by atoms with E-state index in [0.717, 1.165) is 5.69 Å². The van der Waals surface area contributed by atoms with Gasteiger partial charge in [-0.15, -0.1) is 0 Å². The molecular formula is C24H22ClNO4. The summed E-state index contributed by atoms with van der Waals surface area (Å²) in [4.78, 5) is 27.5. The first-order chi connectivity index (χ1) is 14.5. The zero-order chi connectivity index (χ0) is 21.5. The molecule has 0 spiro atoms. The van der Waals surface area contributed by atoms with Gasteiger partial charge in [-0.05, 0) is 72.8 Å². The molecule has 3 rings (SSSR count). The molecule has 0 aliphatic heterocycles. The molecule has 0 N–H and O–H groups in total. The summed E-state index contributed by atoms with van der Waals surface area (Å²) in [6, 6.07) is 20.9. The number of benzene rings is 3. The quantitative estimate of drug-likeness (QED) is 0.457. The summed E-state index contributed by atoms with van der Waals surface area (Å²) in [5.74, 6) is 1.15. The second kappa shape index (κ2) is 9.94. The summed E-state index contributed by atoms with van der Waals surface area (Å²) in [5.41, 5.74) is 1.83. The van der Waals surface area contributed by atoms with Crippen LogP contribution in [0.3, 0.4) is 0 Å². The van der Waals surface area contributed by atoms with Crippen LogP contribution in [0, 0.1) is 0 Å². The number of nitrogens with zero attached hydrogens (tertiary/aromatic N) is 1. The Morgan fingerprint density at radius 3 is 1.47 bits per heavy atom. The number of ether oxygens (including phenoxy) is 2. The minimum Gasteiger partial charge on any atom is -0.497 e. The molecule has 0 aliphatic carbocycles. The maximum Gasteiger partial charge on any atom is 0.182 e. The molecule has 0 unspecified atom stereocenters. The third-order valence-electron chi connectivity index (χ3n) is 4.68. The standard InChI is InChI=1S/C24H22ClNO4/c1-29-21-11-3-17(4-12-21)23(27)15-26(20-9-7-19(25)8-10-20)16-24(28)18-5-13-22(30-2)14-6-18/h3-14H,15-16H2,1-2H3. The number of ketones is 2. The van der Waals surface area contributed by atoms with E-state index in [2.05, 4.69) is 0 Å². The first-order valence-corrected chi connectivity index (χ1v) is 9.73. The van der Waals surface area contributed by atoms with Crippen LogP contribution in [0.25, 0.3) is 0 Å². The third-order valence-corrected chi connectivity index (χ3v) is 4.94. The topological polar surface area (TPSA) is 55.8 Å².